The largest absolute Gasteiger partial charge is 0.352 e. The number of primary amides is 1. The molecule has 2 rings (SSSR count). The van der Waals surface area contributed by atoms with Crippen LogP contribution in [0.1, 0.15) is 34.5 Å². The highest BCUT2D eigenvalue weighted by Gasteiger charge is 2.19. The Morgan fingerprint density at radius 2 is 1.88 bits per heavy atom. The number of amides is 3. The Bertz CT molecular complexity index is 731. The van der Waals surface area contributed by atoms with Crippen molar-refractivity contribution in [3.8, 4) is 0 Å². The highest BCUT2D eigenvalue weighted by molar-refractivity contribution is 6.30. The van der Waals surface area contributed by atoms with E-state index in [1.165, 1.54) is 0 Å². The van der Waals surface area contributed by atoms with Gasteiger partial charge in [-0.05, 0) is 42.3 Å². The highest BCUT2D eigenvalue weighted by atomic mass is 35.5. The quantitative estimate of drug-likeness (QED) is 0.872. The Morgan fingerprint density at radius 1 is 1.21 bits per heavy atom. The van der Waals surface area contributed by atoms with E-state index in [9.17, 15) is 9.59 Å². The zero-order chi connectivity index (χ0) is 17.7. The maximum absolute atomic E-state index is 12.6. The predicted octanol–water partition coefficient (Wildman–Crippen LogP) is 3.34. The molecule has 1 atom stereocenters. The molecule has 0 aliphatic carbocycles. The number of hydrogen-bond acceptors (Lipinski definition) is 2. The second kappa shape index (κ2) is 7.84. The van der Waals surface area contributed by atoms with Gasteiger partial charge in [-0.15, -0.1) is 0 Å². The first-order valence-corrected chi connectivity index (χ1v) is 7.91. The summed E-state index contributed by atoms with van der Waals surface area (Å²) in [6.45, 7) is 2.28. The molecule has 3 N–H and O–H groups in total. The van der Waals surface area contributed by atoms with Crippen molar-refractivity contribution in [3.05, 3.63) is 70.2 Å². The van der Waals surface area contributed by atoms with Crippen LogP contribution in [0.3, 0.4) is 0 Å². The molecule has 0 bridgehead atoms. The van der Waals surface area contributed by atoms with Crippen LogP contribution in [0.4, 0.5) is 4.79 Å². The van der Waals surface area contributed by atoms with Crippen LogP contribution in [0.15, 0.2) is 48.5 Å². The van der Waals surface area contributed by atoms with Crippen LogP contribution in [0.5, 0.6) is 0 Å². The summed E-state index contributed by atoms with van der Waals surface area (Å²) in [4.78, 5) is 25.0. The number of hydrogen-bond donors (Lipinski definition) is 2. The molecule has 0 aliphatic rings. The smallest absolute Gasteiger partial charge is 0.312 e. The standard InChI is InChI=1S/C18H20ClN3O2/c1-12(15-4-3-5-16(19)10-15)22(2)17(23)14-8-6-13(7-9-14)11-21-18(20)24/h3-10,12H,11H2,1-2H3,(H3,20,21,24). The summed E-state index contributed by atoms with van der Waals surface area (Å²) >= 11 is 6.02. The van der Waals surface area contributed by atoms with Gasteiger partial charge in [-0.25, -0.2) is 4.79 Å². The molecule has 0 saturated carbocycles. The molecular formula is C18H20ClN3O2. The summed E-state index contributed by atoms with van der Waals surface area (Å²) in [5, 5.41) is 3.15. The average molecular weight is 346 g/mol. The Labute approximate surface area is 146 Å². The monoisotopic (exact) mass is 345 g/mol. The van der Waals surface area contributed by atoms with Crippen LogP contribution >= 0.6 is 11.6 Å². The van der Waals surface area contributed by atoms with E-state index in [4.69, 9.17) is 17.3 Å². The lowest BCUT2D eigenvalue weighted by molar-refractivity contribution is 0.0742. The highest BCUT2D eigenvalue weighted by Crippen LogP contribution is 2.23. The van der Waals surface area contributed by atoms with E-state index in [-0.39, 0.29) is 11.9 Å². The Balaban J connectivity index is 2.08. The van der Waals surface area contributed by atoms with E-state index in [2.05, 4.69) is 5.32 Å². The number of carbonyl (C=O) groups is 2. The van der Waals surface area contributed by atoms with Crippen molar-refractivity contribution in [3.63, 3.8) is 0 Å². The van der Waals surface area contributed by atoms with Crippen LogP contribution in [0.2, 0.25) is 5.02 Å². The molecule has 6 heteroatoms. The summed E-state index contributed by atoms with van der Waals surface area (Å²) in [7, 11) is 1.76. The molecule has 1 unspecified atom stereocenters. The molecule has 2 aromatic carbocycles. The van der Waals surface area contributed by atoms with E-state index >= 15 is 0 Å². The molecule has 0 spiro atoms. The molecule has 126 valence electrons. The van der Waals surface area contributed by atoms with E-state index in [1.54, 1.807) is 42.3 Å². The SMILES string of the molecule is CC(c1cccc(Cl)c1)N(C)C(=O)c1ccc(CNC(N)=O)cc1. The molecule has 0 aromatic heterocycles. The van der Waals surface area contributed by atoms with Gasteiger partial charge in [0.15, 0.2) is 0 Å². The third-order valence-corrected chi connectivity index (χ3v) is 4.14. The van der Waals surface area contributed by atoms with Gasteiger partial charge in [0.2, 0.25) is 0 Å². The fraction of sp³-hybridized carbons (Fsp3) is 0.222. The molecule has 0 aliphatic heterocycles. The Hall–Kier alpha value is -2.53. The lowest BCUT2D eigenvalue weighted by Crippen LogP contribution is -2.30. The molecule has 3 amide bonds. The van der Waals surface area contributed by atoms with Crippen molar-refractivity contribution < 1.29 is 9.59 Å². The van der Waals surface area contributed by atoms with E-state index < -0.39 is 6.03 Å². The third kappa shape index (κ3) is 4.49. The second-order valence-corrected chi connectivity index (χ2v) is 6.00. The first-order valence-electron chi connectivity index (χ1n) is 7.53. The molecule has 5 nitrogen and oxygen atoms in total. The summed E-state index contributed by atoms with van der Waals surface area (Å²) in [5.74, 6) is -0.0862. The number of carbonyl (C=O) groups excluding carboxylic acids is 2. The lowest BCUT2D eigenvalue weighted by Gasteiger charge is -2.25. The fourth-order valence-electron chi connectivity index (χ4n) is 2.32. The Morgan fingerprint density at radius 3 is 2.46 bits per heavy atom. The topological polar surface area (TPSA) is 75.4 Å². The fourth-order valence-corrected chi connectivity index (χ4v) is 2.52. The van der Waals surface area contributed by atoms with Gasteiger partial charge < -0.3 is 16.0 Å². The minimum absolute atomic E-state index is 0.0862. The third-order valence-electron chi connectivity index (χ3n) is 3.90. The lowest BCUT2D eigenvalue weighted by atomic mass is 10.1. The van der Waals surface area contributed by atoms with Crippen LogP contribution in [-0.2, 0) is 6.54 Å². The van der Waals surface area contributed by atoms with Gasteiger partial charge in [-0.3, -0.25) is 4.79 Å². The zero-order valence-corrected chi connectivity index (χ0v) is 14.4. The molecule has 2 aromatic rings. The van der Waals surface area contributed by atoms with Crippen molar-refractivity contribution >= 4 is 23.5 Å². The van der Waals surface area contributed by atoms with Crippen LogP contribution in [0, 0.1) is 0 Å². The number of urea groups is 1. The maximum atomic E-state index is 12.6. The molecule has 24 heavy (non-hydrogen) atoms. The van der Waals surface area contributed by atoms with Crippen molar-refractivity contribution in [2.75, 3.05) is 7.05 Å². The minimum Gasteiger partial charge on any atom is -0.352 e. The number of nitrogens with zero attached hydrogens (tertiary/aromatic N) is 1. The van der Waals surface area contributed by atoms with Crippen LogP contribution < -0.4 is 11.1 Å². The molecule has 0 saturated heterocycles. The predicted molar refractivity (Wildman–Crippen MR) is 94.8 cm³/mol. The number of rotatable bonds is 5. The van der Waals surface area contributed by atoms with Gasteiger partial charge in [-0.2, -0.15) is 0 Å². The van der Waals surface area contributed by atoms with Crippen LogP contribution in [-0.4, -0.2) is 23.9 Å². The summed E-state index contributed by atoms with van der Waals surface area (Å²) in [5.41, 5.74) is 7.46. The normalized spacial score (nSPS) is 11.6. The zero-order valence-electron chi connectivity index (χ0n) is 13.6. The van der Waals surface area contributed by atoms with E-state index in [0.717, 1.165) is 11.1 Å². The molecule has 0 heterocycles. The van der Waals surface area contributed by atoms with Crippen LogP contribution in [0.25, 0.3) is 0 Å². The minimum atomic E-state index is -0.578. The average Bonchev–Trinajstić information content (AvgIpc) is 2.58. The van der Waals surface area contributed by atoms with Crippen molar-refractivity contribution in [2.45, 2.75) is 19.5 Å². The number of nitrogens with one attached hydrogen (secondary N) is 1. The van der Waals surface area contributed by atoms with Gasteiger partial charge in [0.1, 0.15) is 0 Å². The summed E-state index contributed by atoms with van der Waals surface area (Å²) in [6, 6.07) is 13.8. The van der Waals surface area contributed by atoms with Gasteiger partial charge >= 0.3 is 6.03 Å². The van der Waals surface area contributed by atoms with Crippen molar-refractivity contribution in [1.82, 2.24) is 10.2 Å². The van der Waals surface area contributed by atoms with Gasteiger partial charge in [0.25, 0.3) is 5.91 Å². The summed E-state index contributed by atoms with van der Waals surface area (Å²) in [6.07, 6.45) is 0. The van der Waals surface area contributed by atoms with Crippen molar-refractivity contribution in [2.24, 2.45) is 5.73 Å². The van der Waals surface area contributed by atoms with Gasteiger partial charge in [0.05, 0.1) is 6.04 Å². The van der Waals surface area contributed by atoms with Gasteiger partial charge in [-0.1, -0.05) is 35.9 Å². The maximum Gasteiger partial charge on any atom is 0.312 e. The number of benzene rings is 2. The number of nitrogens with two attached hydrogens (primary N) is 1. The molecule has 0 radical (unpaired) electrons. The van der Waals surface area contributed by atoms with E-state index in [1.807, 2.05) is 25.1 Å². The van der Waals surface area contributed by atoms with E-state index in [0.29, 0.717) is 17.1 Å². The van der Waals surface area contributed by atoms with Gasteiger partial charge in [0, 0.05) is 24.2 Å². The van der Waals surface area contributed by atoms with Crippen molar-refractivity contribution in [1.29, 1.82) is 0 Å². The summed E-state index contributed by atoms with van der Waals surface area (Å²) < 4.78 is 0. The first kappa shape index (κ1) is 17.8. The molecule has 0 fully saturated rings. The first-order chi connectivity index (χ1) is 11.4. The number of halogens is 1. The Kier molecular flexibility index (Phi) is 5.82. The second-order valence-electron chi connectivity index (χ2n) is 5.56. The molecular weight excluding hydrogens is 326 g/mol.